The van der Waals surface area contributed by atoms with Gasteiger partial charge >= 0.3 is 0 Å². The van der Waals surface area contributed by atoms with Gasteiger partial charge in [0.15, 0.2) is 0 Å². The second-order valence-electron chi connectivity index (χ2n) is 8.41. The van der Waals surface area contributed by atoms with Gasteiger partial charge in [0.2, 0.25) is 0 Å². The minimum atomic E-state index is 0.160. The first-order chi connectivity index (χ1) is 9.59. The van der Waals surface area contributed by atoms with Gasteiger partial charge in [-0.1, -0.05) is 25.4 Å². The van der Waals surface area contributed by atoms with E-state index >= 15 is 0 Å². The molecule has 1 aromatic heterocycles. The van der Waals surface area contributed by atoms with Crippen LogP contribution in [0, 0.1) is 11.3 Å². The maximum Gasteiger partial charge on any atom is 0.0820 e. The summed E-state index contributed by atoms with van der Waals surface area (Å²) in [7, 11) is 2.01. The molecule has 0 aliphatic heterocycles. The van der Waals surface area contributed by atoms with E-state index in [1.54, 1.807) is 6.20 Å². The number of halogens is 1. The molecule has 0 aromatic carbocycles. The van der Waals surface area contributed by atoms with Crippen molar-refractivity contribution in [3.8, 4) is 0 Å². The smallest absolute Gasteiger partial charge is 0.0820 e. The Morgan fingerprint density at radius 2 is 2.10 bits per heavy atom. The van der Waals surface area contributed by atoms with Crippen LogP contribution in [0.25, 0.3) is 0 Å². The van der Waals surface area contributed by atoms with Crippen molar-refractivity contribution >= 4 is 11.6 Å². The second kappa shape index (κ2) is 5.92. The summed E-state index contributed by atoms with van der Waals surface area (Å²) in [5.74, 6) is 1.12. The van der Waals surface area contributed by atoms with Gasteiger partial charge in [-0.15, -0.1) is 0 Å². The average molecular weight is 312 g/mol. The third-order valence-electron chi connectivity index (χ3n) is 4.72. The second-order valence-corrected chi connectivity index (χ2v) is 8.81. The largest absolute Gasteiger partial charge is 0.312 e. The van der Waals surface area contributed by atoms with Crippen LogP contribution in [0.4, 0.5) is 0 Å². The Bertz CT molecular complexity index is 465. The lowest BCUT2D eigenvalue weighted by Gasteiger charge is -2.42. The molecule has 1 N–H and O–H groups in total. The third-order valence-corrected chi connectivity index (χ3v) is 5.01. The van der Waals surface area contributed by atoms with Crippen LogP contribution in [0.5, 0.6) is 0 Å². The Morgan fingerprint density at radius 1 is 1.43 bits per heavy atom. The summed E-state index contributed by atoms with van der Waals surface area (Å²) in [6, 6.07) is 0. The Kier molecular flexibility index (Phi) is 4.75. The molecule has 1 aliphatic carbocycles. The van der Waals surface area contributed by atoms with Crippen molar-refractivity contribution in [2.45, 2.75) is 65.3 Å². The molecule has 0 saturated heterocycles. The Labute approximate surface area is 134 Å². The van der Waals surface area contributed by atoms with Gasteiger partial charge in [0, 0.05) is 18.5 Å². The molecule has 120 valence electrons. The van der Waals surface area contributed by atoms with E-state index in [1.807, 2.05) is 11.7 Å². The van der Waals surface area contributed by atoms with Crippen molar-refractivity contribution in [3.05, 3.63) is 16.9 Å². The van der Waals surface area contributed by atoms with Crippen LogP contribution in [-0.2, 0) is 7.05 Å². The van der Waals surface area contributed by atoms with E-state index in [4.69, 9.17) is 11.6 Å². The van der Waals surface area contributed by atoms with Gasteiger partial charge in [-0.2, -0.15) is 5.10 Å². The number of hydrogen-bond donors (Lipinski definition) is 1. The van der Waals surface area contributed by atoms with Crippen molar-refractivity contribution in [3.63, 3.8) is 0 Å². The summed E-state index contributed by atoms with van der Waals surface area (Å²) >= 11 is 6.42. The van der Waals surface area contributed by atoms with Crippen molar-refractivity contribution in [2.24, 2.45) is 18.4 Å². The molecule has 3 nitrogen and oxygen atoms in total. The van der Waals surface area contributed by atoms with Gasteiger partial charge in [-0.3, -0.25) is 4.68 Å². The molecule has 4 heteroatoms. The van der Waals surface area contributed by atoms with E-state index in [0.29, 0.717) is 17.3 Å². The molecule has 0 amide bonds. The van der Waals surface area contributed by atoms with E-state index in [-0.39, 0.29) is 5.54 Å². The fraction of sp³-hybridized carbons (Fsp3) is 0.824. The summed E-state index contributed by atoms with van der Waals surface area (Å²) in [6.07, 6.45) is 5.51. The summed E-state index contributed by atoms with van der Waals surface area (Å²) in [6.45, 7) is 12.5. The molecule has 0 spiro atoms. The van der Waals surface area contributed by atoms with E-state index in [9.17, 15) is 0 Å². The van der Waals surface area contributed by atoms with Gasteiger partial charge in [0.25, 0.3) is 0 Å². The SMILES string of the molecule is Cn1ncc(Cl)c1C1CC(C)(C)CCC1CNC(C)(C)C. The molecule has 1 saturated carbocycles. The molecule has 0 radical (unpaired) electrons. The molecule has 21 heavy (non-hydrogen) atoms. The molecule has 1 heterocycles. The van der Waals surface area contributed by atoms with Gasteiger partial charge in [-0.25, -0.2) is 0 Å². The number of nitrogens with zero attached hydrogens (tertiary/aromatic N) is 2. The maximum atomic E-state index is 6.42. The van der Waals surface area contributed by atoms with Crippen LogP contribution >= 0.6 is 11.6 Å². The van der Waals surface area contributed by atoms with Crippen molar-refractivity contribution < 1.29 is 0 Å². The van der Waals surface area contributed by atoms with Crippen molar-refractivity contribution in [1.29, 1.82) is 0 Å². The molecule has 1 aromatic rings. The quantitative estimate of drug-likeness (QED) is 0.898. The van der Waals surface area contributed by atoms with E-state index < -0.39 is 0 Å². The fourth-order valence-corrected chi connectivity index (χ4v) is 3.79. The molecule has 2 rings (SSSR count). The highest BCUT2D eigenvalue weighted by molar-refractivity contribution is 6.31. The van der Waals surface area contributed by atoms with Crippen LogP contribution in [0.1, 0.15) is 65.5 Å². The maximum absolute atomic E-state index is 6.42. The summed E-state index contributed by atoms with van der Waals surface area (Å²) in [5.41, 5.74) is 1.76. The molecule has 2 atom stereocenters. The van der Waals surface area contributed by atoms with Gasteiger partial charge in [0.05, 0.1) is 16.9 Å². The summed E-state index contributed by atoms with van der Waals surface area (Å²) in [4.78, 5) is 0. The van der Waals surface area contributed by atoms with E-state index in [0.717, 1.165) is 11.6 Å². The third kappa shape index (κ3) is 4.23. The first-order valence-electron chi connectivity index (χ1n) is 8.01. The predicted octanol–water partition coefficient (Wildman–Crippen LogP) is 4.37. The van der Waals surface area contributed by atoms with Crippen LogP contribution in [0.15, 0.2) is 6.20 Å². The molecule has 2 unspecified atom stereocenters. The van der Waals surface area contributed by atoms with Crippen molar-refractivity contribution in [2.75, 3.05) is 6.54 Å². The number of aryl methyl sites for hydroxylation is 1. The van der Waals surface area contributed by atoms with E-state index in [2.05, 4.69) is 45.0 Å². The molecular formula is C17H30ClN3. The lowest BCUT2D eigenvalue weighted by Crippen LogP contribution is -2.42. The number of rotatable bonds is 3. The number of aromatic nitrogens is 2. The zero-order valence-electron chi connectivity index (χ0n) is 14.3. The number of hydrogen-bond acceptors (Lipinski definition) is 2. The van der Waals surface area contributed by atoms with Gasteiger partial charge in [0.1, 0.15) is 0 Å². The molecular weight excluding hydrogens is 282 g/mol. The number of nitrogens with one attached hydrogen (secondary N) is 1. The average Bonchev–Trinajstić information content (AvgIpc) is 2.65. The highest BCUT2D eigenvalue weighted by Crippen LogP contribution is 2.47. The Morgan fingerprint density at radius 3 is 2.62 bits per heavy atom. The zero-order valence-corrected chi connectivity index (χ0v) is 15.1. The van der Waals surface area contributed by atoms with Crippen molar-refractivity contribution in [1.82, 2.24) is 15.1 Å². The highest BCUT2D eigenvalue weighted by Gasteiger charge is 2.38. The Hall–Kier alpha value is -0.540. The minimum absolute atomic E-state index is 0.160. The van der Waals surface area contributed by atoms with Crippen LogP contribution in [0.2, 0.25) is 5.02 Å². The summed E-state index contributed by atoms with van der Waals surface area (Å²) in [5, 5.41) is 8.84. The normalized spacial score (nSPS) is 26.0. The first-order valence-corrected chi connectivity index (χ1v) is 8.39. The predicted molar refractivity (Wildman–Crippen MR) is 89.8 cm³/mol. The summed E-state index contributed by atoms with van der Waals surface area (Å²) < 4.78 is 1.97. The monoisotopic (exact) mass is 311 g/mol. The van der Waals surface area contributed by atoms with Crippen LogP contribution < -0.4 is 5.32 Å². The lowest BCUT2D eigenvalue weighted by atomic mass is 9.66. The van der Waals surface area contributed by atoms with Gasteiger partial charge < -0.3 is 5.32 Å². The van der Waals surface area contributed by atoms with Crippen LogP contribution in [0.3, 0.4) is 0 Å². The highest BCUT2D eigenvalue weighted by atomic mass is 35.5. The lowest BCUT2D eigenvalue weighted by molar-refractivity contribution is 0.149. The first kappa shape index (κ1) is 16.8. The molecule has 1 fully saturated rings. The van der Waals surface area contributed by atoms with Crippen LogP contribution in [-0.4, -0.2) is 21.9 Å². The molecule has 1 aliphatic rings. The fourth-order valence-electron chi connectivity index (χ4n) is 3.48. The standard InChI is InChI=1S/C17H30ClN3/c1-16(2,3)19-10-12-7-8-17(4,5)9-13(12)15-14(18)11-20-21(15)6/h11-13,19H,7-10H2,1-6H3. The minimum Gasteiger partial charge on any atom is -0.312 e. The molecule has 0 bridgehead atoms. The topological polar surface area (TPSA) is 29.9 Å². The zero-order chi connectivity index (χ0) is 15.8. The van der Waals surface area contributed by atoms with Gasteiger partial charge in [-0.05, 0) is 57.9 Å². The van der Waals surface area contributed by atoms with E-state index in [1.165, 1.54) is 25.0 Å². The Balaban J connectivity index is 2.22.